The molecule has 1 amide bonds. The molecule has 3 rings (SSSR count). The number of nitrogens with one attached hydrogen (secondary N) is 1. The number of tetrazole rings is 1. The van der Waals surface area contributed by atoms with E-state index in [1.807, 2.05) is 25.1 Å². The second-order valence-corrected chi connectivity index (χ2v) is 6.67. The van der Waals surface area contributed by atoms with Gasteiger partial charge in [-0.2, -0.15) is 4.80 Å². The first-order chi connectivity index (χ1) is 13.0. The monoisotopic (exact) mass is 405 g/mol. The van der Waals surface area contributed by atoms with Gasteiger partial charge in [0.25, 0.3) is 0 Å². The lowest BCUT2D eigenvalue weighted by Gasteiger charge is -2.15. The van der Waals surface area contributed by atoms with E-state index in [9.17, 15) is 4.79 Å². The fraction of sp³-hybridized carbons (Fsp3) is 0.222. The summed E-state index contributed by atoms with van der Waals surface area (Å²) in [7, 11) is 1.59. The van der Waals surface area contributed by atoms with Crippen molar-refractivity contribution in [3.8, 4) is 17.1 Å². The second-order valence-electron chi connectivity index (χ2n) is 5.83. The number of hydrogen-bond donors (Lipinski definition) is 1. The standard InChI is InChI=1S/C18H17Cl2N5O2/c1-11(15-7-6-13(19)9-16(15)20)21-17(26)10-25-23-18(22-24-25)12-4-3-5-14(8-12)27-2/h3-9,11H,10H2,1-2H3,(H,21,26). The Morgan fingerprint density at radius 1 is 1.26 bits per heavy atom. The Morgan fingerprint density at radius 3 is 2.81 bits per heavy atom. The summed E-state index contributed by atoms with van der Waals surface area (Å²) in [6.45, 7) is 1.77. The molecule has 0 bridgehead atoms. The van der Waals surface area contributed by atoms with Gasteiger partial charge in [0.2, 0.25) is 11.7 Å². The zero-order valence-corrected chi connectivity index (χ0v) is 16.2. The van der Waals surface area contributed by atoms with Gasteiger partial charge in [-0.3, -0.25) is 4.79 Å². The van der Waals surface area contributed by atoms with Gasteiger partial charge < -0.3 is 10.1 Å². The van der Waals surface area contributed by atoms with Gasteiger partial charge >= 0.3 is 0 Å². The molecule has 2 aromatic carbocycles. The maximum atomic E-state index is 12.3. The van der Waals surface area contributed by atoms with Crippen molar-refractivity contribution < 1.29 is 9.53 Å². The van der Waals surface area contributed by atoms with E-state index < -0.39 is 0 Å². The second kappa shape index (κ2) is 8.37. The van der Waals surface area contributed by atoms with Crippen LogP contribution in [0.25, 0.3) is 11.4 Å². The summed E-state index contributed by atoms with van der Waals surface area (Å²) < 4.78 is 5.18. The van der Waals surface area contributed by atoms with Crippen LogP contribution in [0.5, 0.6) is 5.75 Å². The average Bonchev–Trinajstić information content (AvgIpc) is 3.09. The van der Waals surface area contributed by atoms with Crippen molar-refractivity contribution in [3.05, 3.63) is 58.1 Å². The summed E-state index contributed by atoms with van der Waals surface area (Å²) in [6.07, 6.45) is 0. The molecule has 1 heterocycles. The predicted molar refractivity (Wildman–Crippen MR) is 103 cm³/mol. The Hall–Kier alpha value is -2.64. The molecule has 27 heavy (non-hydrogen) atoms. The molecule has 0 aliphatic carbocycles. The fourth-order valence-electron chi connectivity index (χ4n) is 2.53. The maximum absolute atomic E-state index is 12.3. The molecule has 0 radical (unpaired) electrons. The van der Waals surface area contributed by atoms with Crippen LogP contribution < -0.4 is 10.1 Å². The number of ether oxygens (including phenoxy) is 1. The molecule has 0 saturated heterocycles. The molecule has 140 valence electrons. The molecule has 0 spiro atoms. The summed E-state index contributed by atoms with van der Waals surface area (Å²) in [4.78, 5) is 13.5. The van der Waals surface area contributed by atoms with Crippen molar-refractivity contribution in [2.75, 3.05) is 7.11 Å². The quantitative estimate of drug-likeness (QED) is 0.677. The number of methoxy groups -OCH3 is 1. The molecule has 0 aliphatic rings. The summed E-state index contributed by atoms with van der Waals surface area (Å²) in [5.74, 6) is 0.842. The summed E-state index contributed by atoms with van der Waals surface area (Å²) >= 11 is 12.1. The molecule has 1 unspecified atom stereocenters. The van der Waals surface area contributed by atoms with Gasteiger partial charge in [0.15, 0.2) is 0 Å². The minimum absolute atomic E-state index is 0.0630. The third-order valence-corrected chi connectivity index (χ3v) is 4.43. The molecule has 1 atom stereocenters. The Bertz CT molecular complexity index is 960. The van der Waals surface area contributed by atoms with Crippen LogP contribution in [-0.2, 0) is 11.3 Å². The number of carbonyl (C=O) groups is 1. The van der Waals surface area contributed by atoms with Crippen LogP contribution in [0.2, 0.25) is 10.0 Å². The van der Waals surface area contributed by atoms with E-state index in [0.717, 1.165) is 11.1 Å². The number of halogens is 2. The largest absolute Gasteiger partial charge is 0.497 e. The van der Waals surface area contributed by atoms with Crippen LogP contribution in [0.1, 0.15) is 18.5 Å². The highest BCUT2D eigenvalue weighted by Gasteiger charge is 2.15. The van der Waals surface area contributed by atoms with Crippen LogP contribution in [0, 0.1) is 0 Å². The van der Waals surface area contributed by atoms with Crippen LogP contribution in [0.15, 0.2) is 42.5 Å². The molecule has 9 heteroatoms. The zero-order valence-electron chi connectivity index (χ0n) is 14.7. The lowest BCUT2D eigenvalue weighted by Crippen LogP contribution is -2.31. The average molecular weight is 406 g/mol. The summed E-state index contributed by atoms with van der Waals surface area (Å²) in [5, 5.41) is 16.0. The number of carbonyl (C=O) groups excluding carboxylic acids is 1. The molecular weight excluding hydrogens is 389 g/mol. The van der Waals surface area contributed by atoms with E-state index in [0.29, 0.717) is 21.6 Å². The number of amides is 1. The van der Waals surface area contributed by atoms with Gasteiger partial charge in [0.1, 0.15) is 12.3 Å². The Morgan fingerprint density at radius 2 is 2.07 bits per heavy atom. The fourth-order valence-corrected chi connectivity index (χ4v) is 3.11. The molecule has 7 nitrogen and oxygen atoms in total. The molecular formula is C18H17Cl2N5O2. The van der Waals surface area contributed by atoms with E-state index in [1.54, 1.807) is 31.4 Å². The maximum Gasteiger partial charge on any atom is 0.244 e. The van der Waals surface area contributed by atoms with Crippen LogP contribution in [0.4, 0.5) is 0 Å². The van der Waals surface area contributed by atoms with Crippen LogP contribution >= 0.6 is 23.2 Å². The van der Waals surface area contributed by atoms with Gasteiger partial charge in [-0.1, -0.05) is 41.4 Å². The van der Waals surface area contributed by atoms with E-state index in [1.165, 1.54) is 4.80 Å². The van der Waals surface area contributed by atoms with Gasteiger partial charge in [0, 0.05) is 15.6 Å². The van der Waals surface area contributed by atoms with E-state index in [2.05, 4.69) is 20.7 Å². The number of aromatic nitrogens is 4. The number of hydrogen-bond acceptors (Lipinski definition) is 5. The third kappa shape index (κ3) is 4.75. The topological polar surface area (TPSA) is 81.9 Å². The molecule has 1 aromatic heterocycles. The third-order valence-electron chi connectivity index (χ3n) is 3.87. The Labute approximate surface area is 166 Å². The number of benzene rings is 2. The molecule has 3 aromatic rings. The highest BCUT2D eigenvalue weighted by Crippen LogP contribution is 2.26. The molecule has 0 aliphatic heterocycles. The first kappa shape index (κ1) is 19.1. The van der Waals surface area contributed by atoms with Crippen LogP contribution in [0.3, 0.4) is 0 Å². The normalized spacial score (nSPS) is 11.9. The van der Waals surface area contributed by atoms with Crippen molar-refractivity contribution in [1.29, 1.82) is 0 Å². The molecule has 1 N–H and O–H groups in total. The van der Waals surface area contributed by atoms with Gasteiger partial charge in [-0.05, 0) is 42.0 Å². The van der Waals surface area contributed by atoms with Crippen molar-refractivity contribution in [2.24, 2.45) is 0 Å². The van der Waals surface area contributed by atoms with E-state index in [-0.39, 0.29) is 18.5 Å². The Balaban J connectivity index is 1.65. The van der Waals surface area contributed by atoms with Crippen molar-refractivity contribution in [1.82, 2.24) is 25.5 Å². The van der Waals surface area contributed by atoms with Crippen LogP contribution in [-0.4, -0.2) is 33.2 Å². The minimum Gasteiger partial charge on any atom is -0.497 e. The molecule has 0 fully saturated rings. The van der Waals surface area contributed by atoms with Gasteiger partial charge in [-0.15, -0.1) is 10.2 Å². The summed E-state index contributed by atoms with van der Waals surface area (Å²) in [6, 6.07) is 12.2. The lowest BCUT2D eigenvalue weighted by molar-refractivity contribution is -0.122. The van der Waals surface area contributed by atoms with Gasteiger partial charge in [0.05, 0.1) is 13.2 Å². The van der Waals surface area contributed by atoms with Crippen molar-refractivity contribution in [3.63, 3.8) is 0 Å². The van der Waals surface area contributed by atoms with Gasteiger partial charge in [-0.25, -0.2) is 0 Å². The summed E-state index contributed by atoms with van der Waals surface area (Å²) in [5.41, 5.74) is 1.53. The Kier molecular flexibility index (Phi) is 5.93. The highest BCUT2D eigenvalue weighted by atomic mass is 35.5. The lowest BCUT2D eigenvalue weighted by atomic mass is 10.1. The first-order valence-corrected chi connectivity index (χ1v) is 8.88. The minimum atomic E-state index is -0.288. The molecule has 0 saturated carbocycles. The smallest absolute Gasteiger partial charge is 0.244 e. The van der Waals surface area contributed by atoms with E-state index >= 15 is 0 Å². The zero-order chi connectivity index (χ0) is 19.4. The number of rotatable bonds is 6. The van der Waals surface area contributed by atoms with Crippen molar-refractivity contribution in [2.45, 2.75) is 19.5 Å². The number of nitrogens with zero attached hydrogens (tertiary/aromatic N) is 4. The SMILES string of the molecule is COc1cccc(-c2nnn(CC(=O)NC(C)c3ccc(Cl)cc3Cl)n2)c1. The predicted octanol–water partition coefficient (Wildman–Crippen LogP) is 3.53. The first-order valence-electron chi connectivity index (χ1n) is 8.13. The van der Waals surface area contributed by atoms with E-state index in [4.69, 9.17) is 27.9 Å². The highest BCUT2D eigenvalue weighted by molar-refractivity contribution is 6.35. The van der Waals surface area contributed by atoms with Crippen molar-refractivity contribution >= 4 is 29.1 Å².